The summed E-state index contributed by atoms with van der Waals surface area (Å²) in [5.74, 6) is 1.80. The van der Waals surface area contributed by atoms with Crippen molar-refractivity contribution < 1.29 is 13.6 Å². The summed E-state index contributed by atoms with van der Waals surface area (Å²) in [6, 6.07) is 0. The van der Waals surface area contributed by atoms with Crippen LogP contribution in [0.15, 0.2) is 47.6 Å². The van der Waals surface area contributed by atoms with Crippen LogP contribution in [0.5, 0.6) is 0 Å². The molecule has 0 aromatic rings. The number of hydrogen-bond acceptors (Lipinski definition) is 3. The van der Waals surface area contributed by atoms with Crippen LogP contribution in [0.1, 0.15) is 120 Å². The van der Waals surface area contributed by atoms with Crippen LogP contribution in [0.2, 0.25) is 36.3 Å². The van der Waals surface area contributed by atoms with E-state index in [0.717, 1.165) is 32.1 Å². The van der Waals surface area contributed by atoms with Gasteiger partial charge in [-0.1, -0.05) is 91.3 Å². The van der Waals surface area contributed by atoms with Gasteiger partial charge in [0.25, 0.3) is 0 Å². The molecular weight excluding hydrogens is 573 g/mol. The molecule has 0 spiro atoms. The van der Waals surface area contributed by atoms with E-state index in [0.29, 0.717) is 34.9 Å². The predicted molar refractivity (Wildman–Crippen MR) is 193 cm³/mol. The molecule has 3 nitrogen and oxygen atoms in total. The molecule has 4 atom stereocenters. The van der Waals surface area contributed by atoms with E-state index >= 15 is 0 Å². The average molecular weight is 639 g/mol. The second kappa shape index (κ2) is 12.5. The Hall–Kier alpha value is -1.02. The van der Waals surface area contributed by atoms with Crippen LogP contribution < -0.4 is 0 Å². The van der Waals surface area contributed by atoms with Gasteiger partial charge in [-0.05, 0) is 122 Å². The smallest absolute Gasteiger partial charge is 0.195 e. The molecule has 44 heavy (non-hydrogen) atoms. The zero-order valence-corrected chi connectivity index (χ0v) is 32.6. The summed E-state index contributed by atoms with van der Waals surface area (Å²) in [5.41, 5.74) is 4.49. The lowest BCUT2D eigenvalue weighted by Gasteiger charge is -2.52. The molecule has 4 aliphatic rings. The molecule has 0 aromatic heterocycles. The van der Waals surface area contributed by atoms with Crippen LogP contribution >= 0.6 is 0 Å². The van der Waals surface area contributed by atoms with Crippen molar-refractivity contribution >= 4 is 22.4 Å². The van der Waals surface area contributed by atoms with Gasteiger partial charge in [-0.15, -0.1) is 0 Å². The van der Waals surface area contributed by atoms with Crippen molar-refractivity contribution in [3.05, 3.63) is 47.6 Å². The fourth-order valence-electron chi connectivity index (χ4n) is 7.85. The van der Waals surface area contributed by atoms with Gasteiger partial charge < -0.3 is 8.85 Å². The Bertz CT molecular complexity index is 1160. The summed E-state index contributed by atoms with van der Waals surface area (Å²) in [7, 11) is -4.19. The van der Waals surface area contributed by atoms with Crippen LogP contribution in [0.4, 0.5) is 0 Å². The lowest BCUT2D eigenvalue weighted by atomic mass is 9.61. The van der Waals surface area contributed by atoms with Gasteiger partial charge in [0, 0.05) is 18.8 Å². The molecule has 0 heterocycles. The van der Waals surface area contributed by atoms with Crippen molar-refractivity contribution in [2.75, 3.05) is 0 Å². The molecule has 1 unspecified atom stereocenters. The van der Waals surface area contributed by atoms with E-state index < -0.39 is 22.4 Å². The Morgan fingerprint density at radius 3 is 2.05 bits per heavy atom. The Morgan fingerprint density at radius 2 is 1.50 bits per heavy atom. The molecule has 0 N–H and O–H groups in total. The van der Waals surface area contributed by atoms with Crippen molar-refractivity contribution in [2.24, 2.45) is 29.1 Å². The minimum absolute atomic E-state index is 0.111. The van der Waals surface area contributed by atoms with Crippen LogP contribution in [-0.4, -0.2) is 28.2 Å². The predicted octanol–water partition coefficient (Wildman–Crippen LogP) is 11.7. The van der Waals surface area contributed by atoms with E-state index in [4.69, 9.17) is 8.85 Å². The maximum Gasteiger partial charge on any atom is 0.195 e. The maximum atomic E-state index is 12.4. The number of carbonyl (C=O) groups is 1. The van der Waals surface area contributed by atoms with Crippen molar-refractivity contribution in [2.45, 2.75) is 162 Å². The number of carbonyl (C=O) groups excluding carboxylic acids is 1. The quantitative estimate of drug-likeness (QED) is 0.143. The molecule has 4 saturated carbocycles. The van der Waals surface area contributed by atoms with Gasteiger partial charge in [-0.25, -0.2) is 0 Å². The minimum Gasteiger partial charge on any atom is -0.390 e. The SMILES string of the molecule is C=C1CCC(O[Si](C)(C)C(C)(C)C)(O[Si](C)(C)C(C)(C)C)CC1=CC=C1CCC[C@]2(C)[C@@H](C(C)/C=C/C(=O)C3CC3)CC[C@@H]12. The zero-order valence-electron chi connectivity index (χ0n) is 30.6. The van der Waals surface area contributed by atoms with Gasteiger partial charge in [0.15, 0.2) is 28.2 Å². The monoisotopic (exact) mass is 638 g/mol. The molecule has 4 fully saturated rings. The Balaban J connectivity index is 1.60. The van der Waals surface area contributed by atoms with Crippen molar-refractivity contribution in [3.8, 4) is 0 Å². The Morgan fingerprint density at radius 1 is 0.909 bits per heavy atom. The highest BCUT2D eigenvalue weighted by Gasteiger charge is 2.53. The number of hydrogen-bond donors (Lipinski definition) is 0. The Labute approximate surface area is 273 Å². The van der Waals surface area contributed by atoms with E-state index in [1.54, 1.807) is 5.57 Å². The van der Waals surface area contributed by atoms with Gasteiger partial charge in [-0.3, -0.25) is 4.79 Å². The van der Waals surface area contributed by atoms with Gasteiger partial charge in [-0.2, -0.15) is 0 Å². The second-order valence-corrected chi connectivity index (χ2v) is 27.8. The summed E-state index contributed by atoms with van der Waals surface area (Å²) in [5, 5.41) is 0.223. The summed E-state index contributed by atoms with van der Waals surface area (Å²) in [4.78, 5) is 12.4. The average Bonchev–Trinajstić information content (AvgIpc) is 3.67. The molecule has 5 heteroatoms. The largest absolute Gasteiger partial charge is 0.390 e. The van der Waals surface area contributed by atoms with Gasteiger partial charge in [0.1, 0.15) is 0 Å². The van der Waals surface area contributed by atoms with Crippen molar-refractivity contribution in [1.82, 2.24) is 0 Å². The van der Waals surface area contributed by atoms with Gasteiger partial charge >= 0.3 is 0 Å². The number of allylic oxidation sites excluding steroid dienone is 6. The fourth-order valence-corrected chi connectivity index (χ4v) is 10.8. The van der Waals surface area contributed by atoms with Gasteiger partial charge in [0.05, 0.1) is 0 Å². The molecule has 0 aromatic carbocycles. The lowest BCUT2D eigenvalue weighted by Crippen LogP contribution is -2.57. The highest BCUT2D eigenvalue weighted by atomic mass is 28.4. The third-order valence-corrected chi connectivity index (χ3v) is 21.9. The summed E-state index contributed by atoms with van der Waals surface area (Å²) < 4.78 is 14.7. The first-order valence-corrected chi connectivity index (χ1v) is 23.6. The summed E-state index contributed by atoms with van der Waals surface area (Å²) >= 11 is 0. The van der Waals surface area contributed by atoms with Gasteiger partial charge in [0.2, 0.25) is 0 Å². The third-order valence-electron chi connectivity index (χ3n) is 12.9. The first-order valence-electron chi connectivity index (χ1n) is 17.8. The first-order chi connectivity index (χ1) is 20.1. The lowest BCUT2D eigenvalue weighted by molar-refractivity contribution is -0.141. The molecule has 248 valence electrons. The number of fused-ring (bicyclic) bond motifs is 1. The van der Waals surface area contributed by atoms with E-state index in [1.807, 2.05) is 6.08 Å². The van der Waals surface area contributed by atoms with E-state index in [1.165, 1.54) is 43.3 Å². The van der Waals surface area contributed by atoms with Crippen LogP contribution in [0, 0.1) is 29.1 Å². The molecular formula is C39H66O3Si2. The zero-order chi connectivity index (χ0) is 32.9. The van der Waals surface area contributed by atoms with Crippen LogP contribution in [0.3, 0.4) is 0 Å². The standard InChI is InChI=1S/C39H66O3Si2/c1-28-24-26-39(41-43(10,11)36(3,4)5,42-44(12,13)37(6,7)8)27-32(28)20-17-30-15-14-25-38(9)33(21-22-34(30)38)29(2)16-23-35(40)31-18-19-31/h16-17,20,23,29,31,33-34H,1,14-15,18-19,21-22,24-27H2,2-13H3/b23-16+,30-17?,32-20?/t29?,33-,34+,38-/m1/s1. The maximum absolute atomic E-state index is 12.4. The molecule has 4 rings (SSSR count). The van der Waals surface area contributed by atoms with E-state index in [2.05, 4.69) is 106 Å². The van der Waals surface area contributed by atoms with Crippen molar-refractivity contribution in [1.29, 1.82) is 0 Å². The summed E-state index contributed by atoms with van der Waals surface area (Å²) in [6.07, 6.45) is 20.1. The van der Waals surface area contributed by atoms with E-state index in [9.17, 15) is 4.79 Å². The normalized spacial score (nSPS) is 31.1. The number of ketones is 1. The molecule has 0 saturated heterocycles. The topological polar surface area (TPSA) is 35.5 Å². The first kappa shape index (κ1) is 35.8. The molecule has 0 bridgehead atoms. The molecule has 0 aliphatic heterocycles. The Kier molecular flexibility index (Phi) is 10.2. The highest BCUT2D eigenvalue weighted by Crippen LogP contribution is 2.60. The summed E-state index contributed by atoms with van der Waals surface area (Å²) in [6.45, 7) is 32.9. The highest BCUT2D eigenvalue weighted by molar-refractivity contribution is 6.75. The number of rotatable bonds is 9. The molecule has 4 aliphatic carbocycles. The fraction of sp³-hybridized carbons (Fsp3) is 0.769. The van der Waals surface area contributed by atoms with Crippen molar-refractivity contribution in [3.63, 3.8) is 0 Å². The van der Waals surface area contributed by atoms with Crippen LogP contribution in [0.25, 0.3) is 0 Å². The second-order valence-electron chi connectivity index (χ2n) is 18.3. The van der Waals surface area contributed by atoms with Crippen LogP contribution in [-0.2, 0) is 13.6 Å². The minimum atomic E-state index is -2.10. The molecule has 0 radical (unpaired) electrons. The molecule has 0 amide bonds. The third kappa shape index (κ3) is 7.58. The van der Waals surface area contributed by atoms with E-state index in [-0.39, 0.29) is 10.1 Å².